The van der Waals surface area contributed by atoms with E-state index in [1.165, 1.54) is 23.5 Å². The van der Waals surface area contributed by atoms with Gasteiger partial charge in [0.2, 0.25) is 0 Å². The Morgan fingerprint density at radius 1 is 0.792 bits per heavy atom. The van der Waals surface area contributed by atoms with Crippen molar-refractivity contribution in [1.29, 1.82) is 10.8 Å². The number of nitrogens with one attached hydrogen (secondary N) is 2. The minimum absolute atomic E-state index is 0.0236. The van der Waals surface area contributed by atoms with Crippen molar-refractivity contribution < 1.29 is 4.79 Å². The number of hydrogen-bond acceptors (Lipinski definition) is 5. The number of rotatable bonds is 6. The van der Waals surface area contributed by atoms with Gasteiger partial charge in [-0.3, -0.25) is 15.6 Å². The summed E-state index contributed by atoms with van der Waals surface area (Å²) in [5.74, 6) is 0.873. The Bertz CT molecular complexity index is 713. The van der Waals surface area contributed by atoms with E-state index in [1.54, 1.807) is 12.1 Å². The number of benzene rings is 2. The van der Waals surface area contributed by atoms with Gasteiger partial charge in [0.05, 0.1) is 0 Å². The van der Waals surface area contributed by atoms with Gasteiger partial charge in [0.25, 0.3) is 0 Å². The number of thioether (sulfide) groups is 2. The lowest BCUT2D eigenvalue weighted by atomic mass is 9.96. The maximum absolute atomic E-state index is 13.0. The zero-order valence-electron chi connectivity index (χ0n) is 12.9. The van der Waals surface area contributed by atoms with Gasteiger partial charge in [-0.15, -0.1) is 0 Å². The Morgan fingerprint density at radius 3 is 1.54 bits per heavy atom. The zero-order valence-corrected chi connectivity index (χ0v) is 14.5. The van der Waals surface area contributed by atoms with Crippen molar-refractivity contribution in [2.45, 2.75) is 11.5 Å². The van der Waals surface area contributed by atoms with Gasteiger partial charge in [-0.05, 0) is 11.1 Å². The fourth-order valence-electron chi connectivity index (χ4n) is 2.19. The topological polar surface area (TPSA) is 117 Å². The van der Waals surface area contributed by atoms with Crippen LogP contribution in [-0.4, -0.2) is 16.1 Å². The van der Waals surface area contributed by atoms with E-state index in [9.17, 15) is 4.79 Å². The molecule has 0 aliphatic heterocycles. The normalized spacial score (nSPS) is 10.3. The highest BCUT2D eigenvalue weighted by Crippen LogP contribution is 2.23. The van der Waals surface area contributed by atoms with Gasteiger partial charge in [0.15, 0.2) is 16.1 Å². The average Bonchev–Trinajstić information content (AvgIpc) is 2.58. The summed E-state index contributed by atoms with van der Waals surface area (Å²) in [4.78, 5) is 13.0. The van der Waals surface area contributed by atoms with Crippen LogP contribution in [0.25, 0.3) is 0 Å². The molecule has 0 unspecified atom stereocenters. The Balaban J connectivity index is 2.32. The van der Waals surface area contributed by atoms with Crippen LogP contribution in [0, 0.1) is 10.8 Å². The first-order valence-corrected chi connectivity index (χ1v) is 9.10. The first-order chi connectivity index (χ1) is 11.5. The molecule has 0 saturated heterocycles. The minimum atomic E-state index is -0.0745. The van der Waals surface area contributed by atoms with Crippen molar-refractivity contribution in [2.75, 3.05) is 0 Å². The van der Waals surface area contributed by atoms with Gasteiger partial charge in [0.1, 0.15) is 0 Å². The molecule has 7 heteroatoms. The van der Waals surface area contributed by atoms with E-state index < -0.39 is 0 Å². The second kappa shape index (κ2) is 8.56. The largest absolute Gasteiger partial charge is 0.379 e. The molecule has 0 aliphatic carbocycles. The quantitative estimate of drug-likeness (QED) is 0.359. The summed E-state index contributed by atoms with van der Waals surface area (Å²) >= 11 is 2.38. The molecule has 0 radical (unpaired) electrons. The highest BCUT2D eigenvalue weighted by atomic mass is 32.2. The number of amidine groups is 2. The third-order valence-electron chi connectivity index (χ3n) is 3.29. The van der Waals surface area contributed by atoms with Crippen LogP contribution in [0.3, 0.4) is 0 Å². The van der Waals surface area contributed by atoms with E-state index in [4.69, 9.17) is 22.3 Å². The van der Waals surface area contributed by atoms with Crippen LogP contribution < -0.4 is 11.5 Å². The predicted octanol–water partition coefficient (Wildman–Crippen LogP) is 3.17. The number of hydrogen-bond donors (Lipinski definition) is 4. The maximum atomic E-state index is 13.0. The van der Waals surface area contributed by atoms with Crippen LogP contribution in [0.1, 0.15) is 27.0 Å². The fraction of sp³-hybridized carbons (Fsp3) is 0.118. The summed E-state index contributed by atoms with van der Waals surface area (Å²) in [5.41, 5.74) is 13.7. The van der Waals surface area contributed by atoms with Crippen LogP contribution in [0.4, 0.5) is 0 Å². The zero-order chi connectivity index (χ0) is 17.5. The smallest absolute Gasteiger partial charge is 0.193 e. The Morgan fingerprint density at radius 2 is 1.17 bits per heavy atom. The standard InChI is InChI=1S/C17H18N4OS2/c18-16(19)23-9-11-5-1-3-7-13(11)15(22)14-8-4-2-6-12(14)10-24-17(20)21/h1-8H,9-10H2,(H3,18,19)(H3,20,21). The highest BCUT2D eigenvalue weighted by molar-refractivity contribution is 8.13. The van der Waals surface area contributed by atoms with Crippen molar-refractivity contribution in [3.05, 3.63) is 70.8 Å². The molecule has 2 aromatic rings. The summed E-state index contributed by atoms with van der Waals surface area (Å²) in [6.45, 7) is 0. The van der Waals surface area contributed by atoms with Crippen molar-refractivity contribution >= 4 is 39.6 Å². The third kappa shape index (κ3) is 4.87. The lowest BCUT2D eigenvalue weighted by Crippen LogP contribution is -2.10. The molecule has 0 aromatic heterocycles. The second-order valence-corrected chi connectivity index (χ2v) is 6.98. The van der Waals surface area contributed by atoms with E-state index >= 15 is 0 Å². The molecule has 5 nitrogen and oxygen atoms in total. The molecule has 0 atom stereocenters. The molecule has 6 N–H and O–H groups in total. The van der Waals surface area contributed by atoms with E-state index in [0.717, 1.165) is 11.1 Å². The molecular formula is C17H18N4OS2. The van der Waals surface area contributed by atoms with Crippen LogP contribution in [0.15, 0.2) is 48.5 Å². The first-order valence-electron chi connectivity index (χ1n) is 7.13. The highest BCUT2D eigenvalue weighted by Gasteiger charge is 2.16. The predicted molar refractivity (Wildman–Crippen MR) is 103 cm³/mol. The van der Waals surface area contributed by atoms with Gasteiger partial charge >= 0.3 is 0 Å². The first kappa shape index (κ1) is 18.1. The van der Waals surface area contributed by atoms with Gasteiger partial charge in [-0.25, -0.2) is 0 Å². The lowest BCUT2D eigenvalue weighted by molar-refractivity contribution is 0.103. The molecule has 2 aromatic carbocycles. The molecule has 0 heterocycles. The van der Waals surface area contributed by atoms with Gasteiger partial charge in [0, 0.05) is 22.6 Å². The number of ketones is 1. The van der Waals surface area contributed by atoms with E-state index in [1.807, 2.05) is 36.4 Å². The van der Waals surface area contributed by atoms with E-state index in [-0.39, 0.29) is 16.1 Å². The molecule has 24 heavy (non-hydrogen) atoms. The molecule has 2 rings (SSSR count). The molecule has 0 saturated carbocycles. The summed E-state index contributed by atoms with van der Waals surface area (Å²) in [7, 11) is 0. The third-order valence-corrected chi connectivity index (χ3v) is 4.82. The van der Waals surface area contributed by atoms with Gasteiger partial charge in [-0.2, -0.15) is 0 Å². The molecule has 0 aliphatic rings. The van der Waals surface area contributed by atoms with Gasteiger partial charge < -0.3 is 11.5 Å². The maximum Gasteiger partial charge on any atom is 0.193 e. The summed E-state index contributed by atoms with van der Waals surface area (Å²) < 4.78 is 0. The molecule has 0 fully saturated rings. The molecular weight excluding hydrogens is 340 g/mol. The van der Waals surface area contributed by atoms with Crippen molar-refractivity contribution in [2.24, 2.45) is 11.5 Å². The lowest BCUT2D eigenvalue weighted by Gasteiger charge is -2.11. The number of carbonyl (C=O) groups excluding carboxylic acids is 1. The fourth-order valence-corrected chi connectivity index (χ4v) is 3.32. The summed E-state index contributed by atoms with van der Waals surface area (Å²) in [6.07, 6.45) is 0. The van der Waals surface area contributed by atoms with E-state index in [0.29, 0.717) is 22.6 Å². The monoisotopic (exact) mass is 358 g/mol. The average molecular weight is 358 g/mol. The van der Waals surface area contributed by atoms with Crippen LogP contribution >= 0.6 is 23.5 Å². The van der Waals surface area contributed by atoms with Crippen molar-refractivity contribution in [3.63, 3.8) is 0 Å². The summed E-state index contributed by atoms with van der Waals surface area (Å²) in [6, 6.07) is 14.7. The molecule has 0 bridgehead atoms. The summed E-state index contributed by atoms with van der Waals surface area (Å²) in [5, 5.41) is 14.7. The molecule has 0 amide bonds. The number of nitrogens with two attached hydrogens (primary N) is 2. The van der Waals surface area contributed by atoms with E-state index in [2.05, 4.69) is 0 Å². The Hall–Kier alpha value is -2.25. The SMILES string of the molecule is N=C(N)SCc1ccccc1C(=O)c1ccccc1CSC(=N)N. The van der Waals surface area contributed by atoms with Crippen LogP contribution in [0.2, 0.25) is 0 Å². The van der Waals surface area contributed by atoms with Gasteiger partial charge in [-0.1, -0.05) is 72.1 Å². The van der Waals surface area contributed by atoms with Crippen LogP contribution in [-0.2, 0) is 11.5 Å². The van der Waals surface area contributed by atoms with Crippen molar-refractivity contribution in [3.8, 4) is 0 Å². The Kier molecular flexibility index (Phi) is 6.45. The van der Waals surface area contributed by atoms with Crippen molar-refractivity contribution in [1.82, 2.24) is 0 Å². The molecule has 0 spiro atoms. The minimum Gasteiger partial charge on any atom is -0.379 e. The molecule has 124 valence electrons. The Labute approximate surface area is 149 Å². The second-order valence-electron chi connectivity index (χ2n) is 4.95. The van der Waals surface area contributed by atoms with Crippen LogP contribution in [0.5, 0.6) is 0 Å². The number of carbonyl (C=O) groups is 1.